The van der Waals surface area contributed by atoms with Gasteiger partial charge in [-0.1, -0.05) is 12.1 Å². The molecular weight excluding hydrogens is 462 g/mol. The summed E-state index contributed by atoms with van der Waals surface area (Å²) in [6, 6.07) is 6.83. The summed E-state index contributed by atoms with van der Waals surface area (Å²) < 4.78 is 32.7. The van der Waals surface area contributed by atoms with Crippen molar-refractivity contribution < 1.29 is 23.1 Å². The van der Waals surface area contributed by atoms with Crippen LogP contribution in [0.25, 0.3) is 0 Å². The lowest BCUT2D eigenvalue weighted by Crippen LogP contribution is -2.24. The first-order valence-electron chi connectivity index (χ1n) is 7.22. The van der Waals surface area contributed by atoms with Crippen LogP contribution in [0.2, 0.25) is 0 Å². The first kappa shape index (κ1) is 19.7. The van der Waals surface area contributed by atoms with Gasteiger partial charge in [-0.3, -0.25) is 4.79 Å². The van der Waals surface area contributed by atoms with Gasteiger partial charge >= 0.3 is 5.97 Å². The number of ketones is 1. The van der Waals surface area contributed by atoms with Crippen LogP contribution in [-0.2, 0) is 4.74 Å². The van der Waals surface area contributed by atoms with Crippen LogP contribution in [0.1, 0.15) is 47.1 Å². The van der Waals surface area contributed by atoms with Gasteiger partial charge in [0.25, 0.3) is 0 Å². The lowest BCUT2D eigenvalue weighted by atomic mass is 10.0. The number of carbonyl (C=O) groups is 2. The maximum atomic E-state index is 14.2. The van der Waals surface area contributed by atoms with Gasteiger partial charge < -0.3 is 4.74 Å². The Balaban J connectivity index is 2.42. The van der Waals surface area contributed by atoms with Crippen molar-refractivity contribution in [1.29, 1.82) is 0 Å². The standard InChI is InChI=1S/C18H14Br2F2O3/c1-18(2,3)25-17(24)10-6-4-5-9(7-10)16(23)11-8-12(19)15(22)13(20)14(11)21/h4-8H,1-3H3. The highest BCUT2D eigenvalue weighted by Crippen LogP contribution is 2.30. The maximum Gasteiger partial charge on any atom is 0.338 e. The number of hydrogen-bond donors (Lipinski definition) is 0. The van der Waals surface area contributed by atoms with Crippen LogP contribution in [0.15, 0.2) is 39.3 Å². The molecule has 0 aromatic heterocycles. The van der Waals surface area contributed by atoms with E-state index in [2.05, 4.69) is 31.9 Å². The van der Waals surface area contributed by atoms with E-state index in [1.54, 1.807) is 20.8 Å². The Morgan fingerprint density at radius 3 is 2.20 bits per heavy atom. The molecule has 0 bridgehead atoms. The first-order chi connectivity index (χ1) is 11.5. The average Bonchev–Trinajstić information content (AvgIpc) is 2.54. The van der Waals surface area contributed by atoms with Crippen LogP contribution < -0.4 is 0 Å². The molecule has 0 aliphatic rings. The second-order valence-corrected chi connectivity index (χ2v) is 7.91. The average molecular weight is 476 g/mol. The van der Waals surface area contributed by atoms with Crippen molar-refractivity contribution in [2.45, 2.75) is 26.4 Å². The number of rotatable bonds is 3. The fourth-order valence-corrected chi connectivity index (χ4v) is 3.14. The molecule has 0 aliphatic heterocycles. The van der Waals surface area contributed by atoms with Gasteiger partial charge in [0.15, 0.2) is 17.4 Å². The molecule has 0 N–H and O–H groups in total. The molecule has 0 saturated carbocycles. The minimum Gasteiger partial charge on any atom is -0.456 e. The normalized spacial score (nSPS) is 11.3. The van der Waals surface area contributed by atoms with Crippen molar-refractivity contribution in [3.05, 3.63) is 67.6 Å². The highest BCUT2D eigenvalue weighted by molar-refractivity contribution is 9.11. The topological polar surface area (TPSA) is 43.4 Å². The quantitative estimate of drug-likeness (QED) is 0.248. The van der Waals surface area contributed by atoms with E-state index in [-0.39, 0.29) is 21.2 Å². The molecular formula is C18H14Br2F2O3. The van der Waals surface area contributed by atoms with Gasteiger partial charge in [0.05, 0.1) is 20.1 Å². The van der Waals surface area contributed by atoms with Crippen LogP contribution >= 0.6 is 31.9 Å². The summed E-state index contributed by atoms with van der Waals surface area (Å²) >= 11 is 5.73. The van der Waals surface area contributed by atoms with Crippen molar-refractivity contribution in [1.82, 2.24) is 0 Å². The van der Waals surface area contributed by atoms with Crippen LogP contribution in [-0.4, -0.2) is 17.4 Å². The van der Waals surface area contributed by atoms with E-state index in [1.165, 1.54) is 24.3 Å². The van der Waals surface area contributed by atoms with Crippen molar-refractivity contribution in [3.8, 4) is 0 Å². The van der Waals surface area contributed by atoms with E-state index >= 15 is 0 Å². The lowest BCUT2D eigenvalue weighted by Gasteiger charge is -2.19. The minimum atomic E-state index is -1.01. The highest BCUT2D eigenvalue weighted by Gasteiger charge is 2.23. The van der Waals surface area contributed by atoms with E-state index < -0.39 is 33.5 Å². The van der Waals surface area contributed by atoms with Gasteiger partial charge in [0.2, 0.25) is 0 Å². The second kappa shape index (κ2) is 7.33. The molecule has 2 aromatic rings. The van der Waals surface area contributed by atoms with Crippen LogP contribution in [0.5, 0.6) is 0 Å². The Kier molecular flexibility index (Phi) is 5.79. The van der Waals surface area contributed by atoms with Crippen LogP contribution in [0, 0.1) is 11.6 Å². The second-order valence-electron chi connectivity index (χ2n) is 6.26. The molecule has 0 spiro atoms. The zero-order valence-corrected chi connectivity index (χ0v) is 16.8. The summed E-state index contributed by atoms with van der Waals surface area (Å²) in [6.07, 6.45) is 0. The van der Waals surface area contributed by atoms with E-state index in [0.717, 1.165) is 6.07 Å². The third kappa shape index (κ3) is 4.52. The van der Waals surface area contributed by atoms with Gasteiger partial charge in [0, 0.05) is 5.56 Å². The fourth-order valence-electron chi connectivity index (χ4n) is 2.02. The Bertz CT molecular complexity index is 858. The van der Waals surface area contributed by atoms with E-state index in [4.69, 9.17) is 4.74 Å². The number of hydrogen-bond acceptors (Lipinski definition) is 3. The lowest BCUT2D eigenvalue weighted by molar-refractivity contribution is 0.00695. The smallest absolute Gasteiger partial charge is 0.338 e. The van der Waals surface area contributed by atoms with Gasteiger partial charge in [-0.05, 0) is 70.8 Å². The van der Waals surface area contributed by atoms with Crippen molar-refractivity contribution >= 4 is 43.6 Å². The molecule has 132 valence electrons. The Morgan fingerprint density at radius 2 is 1.60 bits per heavy atom. The number of benzene rings is 2. The highest BCUT2D eigenvalue weighted by atomic mass is 79.9. The number of esters is 1. The minimum absolute atomic E-state index is 0.0487. The largest absolute Gasteiger partial charge is 0.456 e. The Labute approximate surface area is 160 Å². The molecule has 0 radical (unpaired) electrons. The van der Waals surface area contributed by atoms with Crippen molar-refractivity contribution in [2.24, 2.45) is 0 Å². The number of carbonyl (C=O) groups excluding carboxylic acids is 2. The third-order valence-corrected chi connectivity index (χ3v) is 4.38. The molecule has 2 aromatic carbocycles. The van der Waals surface area contributed by atoms with Crippen LogP contribution in [0.3, 0.4) is 0 Å². The summed E-state index contributed by atoms with van der Waals surface area (Å²) in [7, 11) is 0. The molecule has 0 aliphatic carbocycles. The van der Waals surface area contributed by atoms with Crippen molar-refractivity contribution in [2.75, 3.05) is 0 Å². The number of halogens is 4. The van der Waals surface area contributed by atoms with Crippen molar-refractivity contribution in [3.63, 3.8) is 0 Å². The van der Waals surface area contributed by atoms with E-state index in [9.17, 15) is 18.4 Å². The fraction of sp³-hybridized carbons (Fsp3) is 0.222. The predicted molar refractivity (Wildman–Crippen MR) is 96.8 cm³/mol. The molecule has 3 nitrogen and oxygen atoms in total. The summed E-state index contributed by atoms with van der Waals surface area (Å²) in [5.74, 6) is -3.11. The van der Waals surface area contributed by atoms with E-state index in [0.29, 0.717) is 0 Å². The molecule has 0 unspecified atom stereocenters. The molecule has 0 heterocycles. The summed E-state index contributed by atoms with van der Waals surface area (Å²) in [5.41, 5.74) is -0.744. The molecule has 0 atom stereocenters. The zero-order valence-electron chi connectivity index (χ0n) is 13.6. The van der Waals surface area contributed by atoms with E-state index in [1.807, 2.05) is 0 Å². The van der Waals surface area contributed by atoms with Gasteiger partial charge in [0.1, 0.15) is 5.60 Å². The van der Waals surface area contributed by atoms with Gasteiger partial charge in [-0.15, -0.1) is 0 Å². The van der Waals surface area contributed by atoms with Crippen LogP contribution in [0.4, 0.5) is 8.78 Å². The SMILES string of the molecule is CC(C)(C)OC(=O)c1cccc(C(=O)c2cc(Br)c(F)c(Br)c2F)c1. The molecule has 2 rings (SSSR count). The Hall–Kier alpha value is -1.60. The molecule has 25 heavy (non-hydrogen) atoms. The molecule has 0 amide bonds. The summed E-state index contributed by atoms with van der Waals surface area (Å²) in [6.45, 7) is 5.18. The third-order valence-electron chi connectivity index (χ3n) is 3.11. The summed E-state index contributed by atoms with van der Waals surface area (Å²) in [5, 5.41) is 0. The van der Waals surface area contributed by atoms with Gasteiger partial charge in [-0.25, -0.2) is 13.6 Å². The molecule has 0 saturated heterocycles. The van der Waals surface area contributed by atoms with Gasteiger partial charge in [-0.2, -0.15) is 0 Å². The monoisotopic (exact) mass is 474 g/mol. The Morgan fingerprint density at radius 1 is 1.00 bits per heavy atom. The molecule has 0 fully saturated rings. The number of ether oxygens (including phenoxy) is 1. The summed E-state index contributed by atoms with van der Waals surface area (Å²) in [4.78, 5) is 24.7. The first-order valence-corrected chi connectivity index (χ1v) is 8.81. The molecule has 7 heteroatoms. The maximum absolute atomic E-state index is 14.2. The predicted octanol–water partition coefficient (Wildman–Crippen LogP) is 5.68. The zero-order chi connectivity index (χ0) is 18.9.